The monoisotopic (exact) mass is 525 g/mol. The van der Waals surface area contributed by atoms with E-state index in [2.05, 4.69) is 72.8 Å². The Balaban J connectivity index is 1.14. The quantitative estimate of drug-likeness (QED) is 0.223. The molecule has 1 heterocycles. The van der Waals surface area contributed by atoms with Gasteiger partial charge in [-0.25, -0.2) is 13.8 Å². The van der Waals surface area contributed by atoms with Crippen LogP contribution in [0, 0.1) is 11.6 Å². The van der Waals surface area contributed by atoms with Crippen molar-refractivity contribution in [3.8, 4) is 44.0 Å². The van der Waals surface area contributed by atoms with Gasteiger partial charge in [0.2, 0.25) is 0 Å². The SMILES string of the molecule is Fc1cc(F)cc(-c2ccc(-c3ccc4cc(-c5ccc(-c6nc7ccccc7s6)cc5)ccc4c3)cc2)c1. The van der Waals surface area contributed by atoms with Crippen molar-refractivity contribution in [2.75, 3.05) is 0 Å². The van der Waals surface area contributed by atoms with E-state index in [1.807, 2.05) is 36.4 Å². The normalized spacial score (nSPS) is 11.3. The minimum absolute atomic E-state index is 0.526. The van der Waals surface area contributed by atoms with Gasteiger partial charge in [0, 0.05) is 11.6 Å². The second kappa shape index (κ2) is 9.57. The lowest BCUT2D eigenvalue weighted by atomic mass is 9.96. The Morgan fingerprint density at radius 2 is 0.923 bits per heavy atom. The van der Waals surface area contributed by atoms with Crippen molar-refractivity contribution in [1.82, 2.24) is 4.98 Å². The van der Waals surface area contributed by atoms with E-state index in [9.17, 15) is 8.78 Å². The summed E-state index contributed by atoms with van der Waals surface area (Å²) in [7, 11) is 0. The molecule has 6 aromatic carbocycles. The Morgan fingerprint density at radius 3 is 1.49 bits per heavy atom. The number of fused-ring (bicyclic) bond motifs is 2. The van der Waals surface area contributed by atoms with Crippen molar-refractivity contribution in [2.45, 2.75) is 0 Å². The van der Waals surface area contributed by atoms with Crippen molar-refractivity contribution < 1.29 is 8.78 Å². The maximum Gasteiger partial charge on any atom is 0.126 e. The number of hydrogen-bond donors (Lipinski definition) is 0. The number of nitrogens with zero attached hydrogens (tertiary/aromatic N) is 1. The van der Waals surface area contributed by atoms with Crippen LogP contribution in [0.15, 0.2) is 127 Å². The minimum atomic E-state index is -0.577. The Bertz CT molecular complexity index is 1920. The van der Waals surface area contributed by atoms with Crippen LogP contribution >= 0.6 is 11.3 Å². The van der Waals surface area contributed by atoms with Gasteiger partial charge in [0.25, 0.3) is 0 Å². The van der Waals surface area contributed by atoms with Crippen LogP contribution in [0.3, 0.4) is 0 Å². The smallest absolute Gasteiger partial charge is 0.126 e. The average Bonchev–Trinajstić information content (AvgIpc) is 3.41. The molecule has 0 aliphatic rings. The molecule has 7 rings (SSSR count). The van der Waals surface area contributed by atoms with E-state index in [1.54, 1.807) is 11.3 Å². The first kappa shape index (κ1) is 23.4. The Kier molecular flexibility index (Phi) is 5.75. The zero-order valence-corrected chi connectivity index (χ0v) is 21.6. The highest BCUT2D eigenvalue weighted by Gasteiger charge is 2.08. The highest BCUT2D eigenvalue weighted by atomic mass is 32.1. The fraction of sp³-hybridized carbons (Fsp3) is 0. The summed E-state index contributed by atoms with van der Waals surface area (Å²) in [6.07, 6.45) is 0. The molecular weight excluding hydrogens is 504 g/mol. The summed E-state index contributed by atoms with van der Waals surface area (Å²) >= 11 is 1.71. The first-order chi connectivity index (χ1) is 19.1. The lowest BCUT2D eigenvalue weighted by Crippen LogP contribution is -1.85. The first-order valence-electron chi connectivity index (χ1n) is 12.7. The second-order valence-corrected chi connectivity index (χ2v) is 10.6. The molecule has 0 amide bonds. The average molecular weight is 526 g/mol. The second-order valence-electron chi connectivity index (χ2n) is 9.58. The molecular formula is C35H21F2NS. The van der Waals surface area contributed by atoms with Crippen LogP contribution in [0.4, 0.5) is 8.78 Å². The van der Waals surface area contributed by atoms with Crippen LogP contribution in [-0.2, 0) is 0 Å². The molecule has 7 aromatic rings. The fourth-order valence-corrected chi connectivity index (χ4v) is 5.95. The molecule has 1 nitrogen and oxygen atoms in total. The third-order valence-corrected chi connectivity index (χ3v) is 8.10. The van der Waals surface area contributed by atoms with Gasteiger partial charge < -0.3 is 0 Å². The molecule has 0 fully saturated rings. The van der Waals surface area contributed by atoms with Gasteiger partial charge in [-0.2, -0.15) is 0 Å². The summed E-state index contributed by atoms with van der Waals surface area (Å²) in [4.78, 5) is 4.77. The number of rotatable bonds is 4. The molecule has 1 aromatic heterocycles. The van der Waals surface area contributed by atoms with E-state index in [4.69, 9.17) is 4.98 Å². The third-order valence-electron chi connectivity index (χ3n) is 7.01. The molecule has 0 unspecified atom stereocenters. The van der Waals surface area contributed by atoms with Gasteiger partial charge >= 0.3 is 0 Å². The fourth-order valence-electron chi connectivity index (χ4n) is 4.98. The van der Waals surface area contributed by atoms with Crippen LogP contribution in [0.5, 0.6) is 0 Å². The Morgan fingerprint density at radius 1 is 0.436 bits per heavy atom. The van der Waals surface area contributed by atoms with Crippen LogP contribution < -0.4 is 0 Å². The van der Waals surface area contributed by atoms with E-state index in [1.165, 1.54) is 22.2 Å². The minimum Gasteiger partial charge on any atom is -0.236 e. The number of aromatic nitrogens is 1. The van der Waals surface area contributed by atoms with E-state index >= 15 is 0 Å². The molecule has 186 valence electrons. The van der Waals surface area contributed by atoms with Crippen LogP contribution in [-0.4, -0.2) is 4.98 Å². The zero-order chi connectivity index (χ0) is 26.3. The van der Waals surface area contributed by atoms with E-state index in [0.717, 1.165) is 55.4 Å². The van der Waals surface area contributed by atoms with Crippen LogP contribution in [0.2, 0.25) is 0 Å². The number of para-hydroxylation sites is 1. The summed E-state index contributed by atoms with van der Waals surface area (Å²) in [5.74, 6) is -1.15. The highest BCUT2D eigenvalue weighted by molar-refractivity contribution is 7.21. The molecule has 0 bridgehead atoms. The van der Waals surface area contributed by atoms with Crippen molar-refractivity contribution in [3.05, 3.63) is 139 Å². The predicted molar refractivity (Wildman–Crippen MR) is 159 cm³/mol. The van der Waals surface area contributed by atoms with Crippen LogP contribution in [0.25, 0.3) is 64.9 Å². The highest BCUT2D eigenvalue weighted by Crippen LogP contribution is 2.33. The number of benzene rings is 6. The van der Waals surface area contributed by atoms with E-state index < -0.39 is 11.6 Å². The standard InChI is InChI=1S/C35H21F2NS/c36-31-19-30(20-32(37)21-31)24-7-5-22(6-8-24)26-13-15-29-18-27(14-16-28(29)17-26)23-9-11-25(12-10-23)35-38-33-3-1-2-4-34(33)39-35/h1-21H. The number of hydrogen-bond acceptors (Lipinski definition) is 2. The van der Waals surface area contributed by atoms with Gasteiger partial charge in [-0.05, 0) is 80.6 Å². The van der Waals surface area contributed by atoms with Gasteiger partial charge in [-0.1, -0.05) is 84.9 Å². The van der Waals surface area contributed by atoms with Crippen molar-refractivity contribution in [2.24, 2.45) is 0 Å². The first-order valence-corrected chi connectivity index (χ1v) is 13.5. The summed E-state index contributed by atoms with van der Waals surface area (Å²) in [5, 5.41) is 3.35. The van der Waals surface area contributed by atoms with Crippen molar-refractivity contribution >= 4 is 32.3 Å². The molecule has 4 heteroatoms. The zero-order valence-electron chi connectivity index (χ0n) is 20.7. The van der Waals surface area contributed by atoms with Gasteiger partial charge in [-0.3, -0.25) is 0 Å². The molecule has 0 N–H and O–H groups in total. The molecule has 0 atom stereocenters. The molecule has 0 aliphatic heterocycles. The Labute approximate surface area is 228 Å². The van der Waals surface area contributed by atoms with Crippen LogP contribution in [0.1, 0.15) is 0 Å². The van der Waals surface area contributed by atoms with Gasteiger partial charge in [0.15, 0.2) is 0 Å². The molecule has 39 heavy (non-hydrogen) atoms. The molecule has 0 aliphatic carbocycles. The van der Waals surface area contributed by atoms with Crippen molar-refractivity contribution in [3.63, 3.8) is 0 Å². The molecule has 0 radical (unpaired) electrons. The van der Waals surface area contributed by atoms with Gasteiger partial charge in [-0.15, -0.1) is 11.3 Å². The molecule has 0 spiro atoms. The maximum atomic E-state index is 13.6. The molecule has 0 saturated heterocycles. The number of halogens is 2. The number of thiazole rings is 1. The third kappa shape index (κ3) is 4.60. The predicted octanol–water partition coefficient (Wildman–Crippen LogP) is 10.4. The van der Waals surface area contributed by atoms with Gasteiger partial charge in [0.1, 0.15) is 16.6 Å². The van der Waals surface area contributed by atoms with Crippen molar-refractivity contribution in [1.29, 1.82) is 0 Å². The largest absolute Gasteiger partial charge is 0.236 e. The summed E-state index contributed by atoms with van der Waals surface area (Å²) in [6, 6.07) is 41.1. The molecule has 0 saturated carbocycles. The summed E-state index contributed by atoms with van der Waals surface area (Å²) in [5.41, 5.74) is 7.93. The maximum absolute atomic E-state index is 13.6. The van der Waals surface area contributed by atoms with Gasteiger partial charge in [0.05, 0.1) is 10.2 Å². The van der Waals surface area contributed by atoms with E-state index in [0.29, 0.717) is 5.56 Å². The lowest BCUT2D eigenvalue weighted by molar-refractivity contribution is 0.584. The van der Waals surface area contributed by atoms with E-state index in [-0.39, 0.29) is 0 Å². The topological polar surface area (TPSA) is 12.9 Å². The Hall–Kier alpha value is -4.67. The summed E-state index contributed by atoms with van der Waals surface area (Å²) in [6.45, 7) is 0. The lowest BCUT2D eigenvalue weighted by Gasteiger charge is -2.09. The summed E-state index contributed by atoms with van der Waals surface area (Å²) < 4.78 is 28.4.